The molecule has 3 heterocycles. The summed E-state index contributed by atoms with van der Waals surface area (Å²) in [4.78, 5) is 20.8. The van der Waals surface area contributed by atoms with Gasteiger partial charge in [0.2, 0.25) is 0 Å². The van der Waals surface area contributed by atoms with Gasteiger partial charge < -0.3 is 9.42 Å². The number of carbonyl (C=O) groups excluding carboxylic acids is 1. The lowest BCUT2D eigenvalue weighted by molar-refractivity contribution is -0.140. The number of fused-ring (bicyclic) bond motifs is 2. The zero-order chi connectivity index (χ0) is 18.9. The topological polar surface area (TPSA) is 58.8 Å². The minimum atomic E-state index is -0.0503. The van der Waals surface area contributed by atoms with E-state index in [-0.39, 0.29) is 18.1 Å². The van der Waals surface area contributed by atoms with Crippen LogP contribution in [0.5, 0.6) is 0 Å². The minimum absolute atomic E-state index is 0.00448. The third-order valence-corrected chi connectivity index (χ3v) is 6.43. The maximum atomic E-state index is 13.0. The molecule has 6 nitrogen and oxygen atoms in total. The van der Waals surface area contributed by atoms with Gasteiger partial charge in [0, 0.05) is 18.5 Å². The van der Waals surface area contributed by atoms with Gasteiger partial charge in [-0.15, -0.1) is 0 Å². The molecule has 6 heteroatoms. The van der Waals surface area contributed by atoms with Crippen LogP contribution in [0.1, 0.15) is 73.9 Å². The fourth-order valence-corrected chi connectivity index (χ4v) is 4.86. The van der Waals surface area contributed by atoms with E-state index >= 15 is 0 Å². The predicted molar refractivity (Wildman–Crippen MR) is 103 cm³/mol. The van der Waals surface area contributed by atoms with Crippen molar-refractivity contribution in [2.24, 2.45) is 0 Å². The van der Waals surface area contributed by atoms with Crippen molar-refractivity contribution in [3.8, 4) is 0 Å². The summed E-state index contributed by atoms with van der Waals surface area (Å²) in [6, 6.07) is 12.1. The summed E-state index contributed by atoms with van der Waals surface area (Å²) in [7, 11) is 0. The Morgan fingerprint density at radius 3 is 2.71 bits per heavy atom. The van der Waals surface area contributed by atoms with Crippen molar-refractivity contribution in [2.45, 2.75) is 69.6 Å². The molecule has 1 aromatic carbocycles. The fourth-order valence-electron chi connectivity index (χ4n) is 4.86. The Balaban J connectivity index is 1.26. The van der Waals surface area contributed by atoms with Crippen LogP contribution in [0.4, 0.5) is 4.79 Å². The number of carbonyl (C=O) groups is 1. The second-order valence-corrected chi connectivity index (χ2v) is 8.26. The quantitative estimate of drug-likeness (QED) is 0.747. The molecule has 28 heavy (non-hydrogen) atoms. The number of rotatable bonds is 5. The summed E-state index contributed by atoms with van der Waals surface area (Å²) in [6.45, 7) is 1.11. The molecule has 3 aliphatic rings. The van der Waals surface area contributed by atoms with E-state index in [1.165, 1.54) is 32.1 Å². The molecule has 1 aliphatic carbocycles. The van der Waals surface area contributed by atoms with E-state index in [1.54, 1.807) is 5.06 Å². The first kappa shape index (κ1) is 17.7. The van der Waals surface area contributed by atoms with Crippen molar-refractivity contribution < 1.29 is 14.2 Å². The SMILES string of the molecule is O=C1N2C[C@@H](CC[C@H]2c2cc(C3CCCCC3)on2)N1OCc1ccccc1. The molecule has 0 radical (unpaired) electrons. The normalized spacial score (nSPS) is 25.5. The number of nitrogens with zero attached hydrogens (tertiary/aromatic N) is 3. The molecular weight excluding hydrogens is 354 g/mol. The highest BCUT2D eigenvalue weighted by Crippen LogP contribution is 2.40. The van der Waals surface area contributed by atoms with E-state index in [0.717, 1.165) is 29.9 Å². The van der Waals surface area contributed by atoms with Gasteiger partial charge in [-0.2, -0.15) is 5.06 Å². The molecule has 2 amide bonds. The Kier molecular flexibility index (Phi) is 4.81. The van der Waals surface area contributed by atoms with Crippen molar-refractivity contribution in [1.29, 1.82) is 0 Å². The van der Waals surface area contributed by atoms with Gasteiger partial charge >= 0.3 is 6.03 Å². The van der Waals surface area contributed by atoms with E-state index in [9.17, 15) is 4.79 Å². The van der Waals surface area contributed by atoms with E-state index in [0.29, 0.717) is 19.1 Å². The Bertz CT molecular complexity index is 815. The van der Waals surface area contributed by atoms with E-state index in [2.05, 4.69) is 11.2 Å². The third-order valence-electron chi connectivity index (χ3n) is 6.43. The van der Waals surface area contributed by atoms with Gasteiger partial charge in [-0.05, 0) is 31.2 Å². The van der Waals surface area contributed by atoms with Gasteiger partial charge in [-0.25, -0.2) is 4.79 Å². The Hall–Kier alpha value is -2.34. The van der Waals surface area contributed by atoms with Gasteiger partial charge in [0.25, 0.3) is 0 Å². The summed E-state index contributed by atoms with van der Waals surface area (Å²) in [5, 5.41) is 5.94. The lowest BCUT2D eigenvalue weighted by Crippen LogP contribution is -2.34. The number of amides is 2. The summed E-state index contributed by atoms with van der Waals surface area (Å²) < 4.78 is 5.70. The molecule has 2 aromatic rings. The molecule has 1 saturated carbocycles. The highest BCUT2D eigenvalue weighted by Gasteiger charge is 2.47. The average Bonchev–Trinajstić information content (AvgIpc) is 3.33. The van der Waals surface area contributed by atoms with Crippen molar-refractivity contribution in [1.82, 2.24) is 15.1 Å². The molecular formula is C22H27N3O3. The van der Waals surface area contributed by atoms with Crippen molar-refractivity contribution in [3.63, 3.8) is 0 Å². The van der Waals surface area contributed by atoms with Crippen LogP contribution in [0.2, 0.25) is 0 Å². The van der Waals surface area contributed by atoms with Crippen molar-refractivity contribution in [2.75, 3.05) is 6.54 Å². The molecule has 2 bridgehead atoms. The smallest absolute Gasteiger partial charge is 0.344 e. The molecule has 2 saturated heterocycles. The summed E-state index contributed by atoms with van der Waals surface area (Å²) >= 11 is 0. The molecule has 5 rings (SSSR count). The van der Waals surface area contributed by atoms with E-state index in [4.69, 9.17) is 9.36 Å². The standard InChI is InChI=1S/C22H27N3O3/c26-22-24-14-18(25(22)27-15-16-7-3-1-4-8-16)11-12-20(24)19-13-21(28-23-19)17-9-5-2-6-10-17/h1,3-4,7-8,13,17-18,20H,2,5-6,9-12,14-15H2/t18-,20+/m1/s1. The van der Waals surface area contributed by atoms with Crippen LogP contribution in [0.3, 0.4) is 0 Å². The van der Waals surface area contributed by atoms with Crippen LogP contribution in [-0.4, -0.2) is 33.7 Å². The molecule has 1 aromatic heterocycles. The molecule has 2 aliphatic heterocycles. The molecule has 2 atom stereocenters. The lowest BCUT2D eigenvalue weighted by atomic mass is 9.87. The Morgan fingerprint density at radius 2 is 1.89 bits per heavy atom. The minimum Gasteiger partial charge on any atom is -0.361 e. The number of piperidine rings is 1. The predicted octanol–water partition coefficient (Wildman–Crippen LogP) is 4.80. The van der Waals surface area contributed by atoms with Crippen LogP contribution < -0.4 is 0 Å². The van der Waals surface area contributed by atoms with E-state index < -0.39 is 0 Å². The average molecular weight is 381 g/mol. The number of aromatic nitrogens is 1. The van der Waals surface area contributed by atoms with Crippen molar-refractivity contribution in [3.05, 3.63) is 53.4 Å². The second-order valence-electron chi connectivity index (χ2n) is 8.26. The van der Waals surface area contributed by atoms with Gasteiger partial charge in [-0.3, -0.25) is 4.84 Å². The first-order valence-electron chi connectivity index (χ1n) is 10.5. The first-order valence-corrected chi connectivity index (χ1v) is 10.5. The van der Waals surface area contributed by atoms with Crippen LogP contribution in [-0.2, 0) is 11.4 Å². The molecule has 0 spiro atoms. The molecule has 0 N–H and O–H groups in total. The third kappa shape index (κ3) is 3.30. The number of hydrogen-bond acceptors (Lipinski definition) is 4. The van der Waals surface area contributed by atoms with Crippen LogP contribution in [0.25, 0.3) is 0 Å². The van der Waals surface area contributed by atoms with Crippen LogP contribution >= 0.6 is 0 Å². The zero-order valence-electron chi connectivity index (χ0n) is 16.1. The van der Waals surface area contributed by atoms with Gasteiger partial charge in [0.1, 0.15) is 18.1 Å². The highest BCUT2D eigenvalue weighted by molar-refractivity contribution is 5.77. The highest BCUT2D eigenvalue weighted by atomic mass is 16.7. The number of benzene rings is 1. The number of urea groups is 1. The summed E-state index contributed by atoms with van der Waals surface area (Å²) in [5.41, 5.74) is 1.97. The zero-order valence-corrected chi connectivity index (χ0v) is 16.1. The van der Waals surface area contributed by atoms with Gasteiger partial charge in [0.15, 0.2) is 0 Å². The monoisotopic (exact) mass is 381 g/mol. The van der Waals surface area contributed by atoms with Gasteiger partial charge in [-0.1, -0.05) is 54.8 Å². The number of hydrogen-bond donors (Lipinski definition) is 0. The van der Waals surface area contributed by atoms with Gasteiger partial charge in [0.05, 0.1) is 12.1 Å². The van der Waals surface area contributed by atoms with Crippen LogP contribution in [0, 0.1) is 0 Å². The summed E-state index contributed by atoms with van der Waals surface area (Å²) in [6.07, 6.45) is 8.05. The van der Waals surface area contributed by atoms with Crippen LogP contribution in [0.15, 0.2) is 40.9 Å². The maximum Gasteiger partial charge on any atom is 0.344 e. The van der Waals surface area contributed by atoms with E-state index in [1.807, 2.05) is 35.2 Å². The largest absolute Gasteiger partial charge is 0.361 e. The molecule has 3 fully saturated rings. The number of hydroxylamine groups is 2. The summed E-state index contributed by atoms with van der Waals surface area (Å²) in [5.74, 6) is 1.49. The van der Waals surface area contributed by atoms with Crippen molar-refractivity contribution >= 4 is 6.03 Å². The second kappa shape index (κ2) is 7.59. The lowest BCUT2D eigenvalue weighted by Gasteiger charge is -2.28. The maximum absolute atomic E-state index is 13.0. The molecule has 0 unspecified atom stereocenters. The first-order chi connectivity index (χ1) is 13.8. The fraction of sp³-hybridized carbons (Fsp3) is 0.545. The Labute approximate surface area is 165 Å². The molecule has 148 valence electrons. The Morgan fingerprint density at radius 1 is 1.07 bits per heavy atom.